The van der Waals surface area contributed by atoms with Crippen LogP contribution in [0.4, 0.5) is 0 Å². The first kappa shape index (κ1) is 12.0. The van der Waals surface area contributed by atoms with Gasteiger partial charge in [-0.05, 0) is 18.2 Å². The lowest BCUT2D eigenvalue weighted by Gasteiger charge is -2.05. The molecule has 0 amide bonds. The highest BCUT2D eigenvalue weighted by atomic mass is 32.2. The number of nitrogens with zero attached hydrogens (tertiary/aromatic N) is 1. The minimum Gasteiger partial charge on any atom is -0.496 e. The van der Waals surface area contributed by atoms with Crippen LogP contribution in [0.3, 0.4) is 0 Å². The molecule has 2 aromatic rings. The van der Waals surface area contributed by atoms with Gasteiger partial charge in [0.05, 0.1) is 18.4 Å². The summed E-state index contributed by atoms with van der Waals surface area (Å²) in [6.07, 6.45) is 3.14. The second kappa shape index (κ2) is 4.41. The number of methoxy groups -OCH3 is 1. The summed E-state index contributed by atoms with van der Waals surface area (Å²) in [6, 6.07) is 7.69. The highest BCUT2D eigenvalue weighted by Crippen LogP contribution is 2.26. The van der Waals surface area contributed by atoms with Crippen LogP contribution in [0.5, 0.6) is 5.75 Å². The Morgan fingerprint density at radius 1 is 1.29 bits per heavy atom. The second-order valence-electron chi connectivity index (χ2n) is 4.03. The number of aryl methyl sites for hydroxylation is 1. The molecule has 0 aliphatic heterocycles. The predicted octanol–water partition coefficient (Wildman–Crippen LogP) is 1.69. The van der Waals surface area contributed by atoms with Crippen molar-refractivity contribution in [2.45, 2.75) is 6.54 Å². The van der Waals surface area contributed by atoms with Crippen molar-refractivity contribution in [3.8, 4) is 5.75 Å². The van der Waals surface area contributed by atoms with Crippen LogP contribution in [-0.4, -0.2) is 32.1 Å². The predicted molar refractivity (Wildman–Crippen MR) is 68.2 cm³/mol. The lowest BCUT2D eigenvalue weighted by atomic mass is 10.2. The molecule has 0 unspecified atom stereocenters. The maximum absolute atomic E-state index is 11.1. The molecule has 5 heteroatoms. The first-order chi connectivity index (χ1) is 8.01. The zero-order valence-corrected chi connectivity index (χ0v) is 10.7. The summed E-state index contributed by atoms with van der Waals surface area (Å²) < 4.78 is 29.5. The van der Waals surface area contributed by atoms with Gasteiger partial charge in [0.1, 0.15) is 15.6 Å². The van der Waals surface area contributed by atoms with Crippen molar-refractivity contribution < 1.29 is 13.2 Å². The van der Waals surface area contributed by atoms with E-state index < -0.39 is 9.84 Å². The molecule has 1 aromatic carbocycles. The van der Waals surface area contributed by atoms with Gasteiger partial charge in [0, 0.05) is 24.4 Å². The largest absolute Gasteiger partial charge is 0.496 e. The summed E-state index contributed by atoms with van der Waals surface area (Å²) in [5.74, 6) is 0.953. The fraction of sp³-hybridized carbons (Fsp3) is 0.333. The van der Waals surface area contributed by atoms with E-state index in [9.17, 15) is 8.42 Å². The van der Waals surface area contributed by atoms with Crippen molar-refractivity contribution in [3.05, 3.63) is 30.5 Å². The summed E-state index contributed by atoms with van der Waals surface area (Å²) in [7, 11) is -1.31. The topological polar surface area (TPSA) is 48.3 Å². The van der Waals surface area contributed by atoms with Crippen LogP contribution in [-0.2, 0) is 16.4 Å². The molecule has 1 aromatic heterocycles. The number of aromatic nitrogens is 1. The van der Waals surface area contributed by atoms with E-state index in [0.717, 1.165) is 16.7 Å². The van der Waals surface area contributed by atoms with Gasteiger partial charge >= 0.3 is 0 Å². The zero-order chi connectivity index (χ0) is 12.5. The number of hydrogen-bond donors (Lipinski definition) is 0. The number of benzene rings is 1. The number of rotatable bonds is 4. The Hall–Kier alpha value is -1.49. The zero-order valence-electron chi connectivity index (χ0n) is 9.88. The van der Waals surface area contributed by atoms with Crippen LogP contribution < -0.4 is 4.74 Å². The lowest BCUT2D eigenvalue weighted by Crippen LogP contribution is -2.10. The van der Waals surface area contributed by atoms with Crippen LogP contribution in [0.25, 0.3) is 10.9 Å². The number of hydrogen-bond acceptors (Lipinski definition) is 3. The van der Waals surface area contributed by atoms with Crippen LogP contribution in [0.15, 0.2) is 30.5 Å². The average molecular weight is 253 g/mol. The molecule has 92 valence electrons. The van der Waals surface area contributed by atoms with E-state index in [1.165, 1.54) is 6.26 Å². The Balaban J connectivity index is 2.37. The third-order valence-electron chi connectivity index (χ3n) is 2.70. The van der Waals surface area contributed by atoms with Crippen molar-refractivity contribution in [1.29, 1.82) is 0 Å². The molecule has 0 saturated heterocycles. The molecule has 0 spiro atoms. The van der Waals surface area contributed by atoms with E-state index in [4.69, 9.17) is 4.74 Å². The molecule has 0 aliphatic carbocycles. The Morgan fingerprint density at radius 3 is 2.71 bits per heavy atom. The van der Waals surface area contributed by atoms with Crippen molar-refractivity contribution in [2.75, 3.05) is 19.1 Å². The minimum atomic E-state index is -2.94. The standard InChI is InChI=1S/C12H15NO3S/c1-16-12-5-3-4-11-10(12)6-7-13(11)8-9-17(2,14)15/h3-7H,8-9H2,1-2H3. The molecule has 0 atom stereocenters. The maximum atomic E-state index is 11.1. The molecule has 0 radical (unpaired) electrons. The summed E-state index contributed by atoms with van der Waals surface area (Å²) in [5.41, 5.74) is 0.994. The van der Waals surface area contributed by atoms with Gasteiger partial charge in [-0.2, -0.15) is 0 Å². The fourth-order valence-electron chi connectivity index (χ4n) is 1.83. The third kappa shape index (κ3) is 2.61. The first-order valence-corrected chi connectivity index (χ1v) is 7.37. The van der Waals surface area contributed by atoms with Crippen molar-refractivity contribution in [3.63, 3.8) is 0 Å². The molecular formula is C12H15NO3S. The third-order valence-corrected chi connectivity index (χ3v) is 3.62. The minimum absolute atomic E-state index is 0.147. The van der Waals surface area contributed by atoms with E-state index in [1.54, 1.807) is 7.11 Å². The molecule has 17 heavy (non-hydrogen) atoms. The Bertz CT molecular complexity index is 628. The van der Waals surface area contributed by atoms with Crippen LogP contribution in [0.1, 0.15) is 0 Å². The summed E-state index contributed by atoms with van der Waals surface area (Å²) in [5, 5.41) is 1.00. The Labute approximate surface area is 101 Å². The van der Waals surface area contributed by atoms with E-state index >= 15 is 0 Å². The first-order valence-electron chi connectivity index (χ1n) is 5.31. The summed E-state index contributed by atoms with van der Waals surface area (Å²) >= 11 is 0. The molecule has 0 N–H and O–H groups in total. The van der Waals surface area contributed by atoms with Gasteiger partial charge in [-0.25, -0.2) is 8.42 Å². The molecule has 2 rings (SSSR count). The van der Waals surface area contributed by atoms with Crippen molar-refractivity contribution >= 4 is 20.7 Å². The van der Waals surface area contributed by atoms with E-state index in [0.29, 0.717) is 6.54 Å². The van der Waals surface area contributed by atoms with Gasteiger partial charge in [-0.1, -0.05) is 6.07 Å². The van der Waals surface area contributed by atoms with Gasteiger partial charge in [0.2, 0.25) is 0 Å². The molecular weight excluding hydrogens is 238 g/mol. The fourth-order valence-corrected chi connectivity index (χ4v) is 2.36. The molecule has 0 saturated carbocycles. The highest BCUT2D eigenvalue weighted by molar-refractivity contribution is 7.90. The monoisotopic (exact) mass is 253 g/mol. The Morgan fingerprint density at radius 2 is 2.06 bits per heavy atom. The van der Waals surface area contributed by atoms with Crippen LogP contribution >= 0.6 is 0 Å². The average Bonchev–Trinajstić information content (AvgIpc) is 2.68. The summed E-state index contributed by atoms with van der Waals surface area (Å²) in [4.78, 5) is 0. The number of sulfone groups is 1. The Kier molecular flexibility index (Phi) is 3.11. The SMILES string of the molecule is COc1cccc2c1ccn2CCS(C)(=O)=O. The van der Waals surface area contributed by atoms with Crippen LogP contribution in [0.2, 0.25) is 0 Å². The quantitative estimate of drug-likeness (QED) is 0.833. The van der Waals surface area contributed by atoms with Crippen molar-refractivity contribution in [1.82, 2.24) is 4.57 Å². The van der Waals surface area contributed by atoms with Gasteiger partial charge in [-0.15, -0.1) is 0 Å². The van der Waals surface area contributed by atoms with Crippen LogP contribution in [0, 0.1) is 0 Å². The molecule has 0 bridgehead atoms. The smallest absolute Gasteiger partial charge is 0.149 e. The van der Waals surface area contributed by atoms with Crippen molar-refractivity contribution in [2.24, 2.45) is 0 Å². The lowest BCUT2D eigenvalue weighted by molar-refractivity contribution is 0.420. The van der Waals surface area contributed by atoms with E-state index in [1.807, 2.05) is 35.0 Å². The van der Waals surface area contributed by atoms with Gasteiger partial charge in [-0.3, -0.25) is 0 Å². The normalized spacial score (nSPS) is 11.9. The van der Waals surface area contributed by atoms with Gasteiger partial charge in [0.15, 0.2) is 0 Å². The van der Waals surface area contributed by atoms with Gasteiger partial charge in [0.25, 0.3) is 0 Å². The molecule has 0 fully saturated rings. The van der Waals surface area contributed by atoms with Gasteiger partial charge < -0.3 is 9.30 Å². The second-order valence-corrected chi connectivity index (χ2v) is 6.29. The molecule has 1 heterocycles. The molecule has 0 aliphatic rings. The summed E-state index contributed by atoms with van der Waals surface area (Å²) in [6.45, 7) is 0.468. The molecule has 4 nitrogen and oxygen atoms in total. The van der Waals surface area contributed by atoms with E-state index in [2.05, 4.69) is 0 Å². The number of ether oxygens (including phenoxy) is 1. The van der Waals surface area contributed by atoms with E-state index in [-0.39, 0.29) is 5.75 Å². The number of fused-ring (bicyclic) bond motifs is 1. The maximum Gasteiger partial charge on any atom is 0.149 e. The highest BCUT2D eigenvalue weighted by Gasteiger charge is 2.07.